The van der Waals surface area contributed by atoms with Crippen molar-refractivity contribution in [3.05, 3.63) is 47.0 Å². The lowest BCUT2D eigenvalue weighted by Crippen LogP contribution is -2.15. The van der Waals surface area contributed by atoms with Gasteiger partial charge in [0, 0.05) is 23.3 Å². The van der Waals surface area contributed by atoms with Crippen molar-refractivity contribution in [2.45, 2.75) is 24.8 Å². The van der Waals surface area contributed by atoms with E-state index in [1.165, 1.54) is 11.8 Å². The summed E-state index contributed by atoms with van der Waals surface area (Å²) in [5, 5.41) is 8.23. The van der Waals surface area contributed by atoms with Crippen molar-refractivity contribution in [3.63, 3.8) is 0 Å². The van der Waals surface area contributed by atoms with E-state index in [0.717, 1.165) is 22.1 Å². The standard InChI is InChI=1S/C13H15N5S/c1-8-6-9(2)18-13(17-8)19-7-10-4-3-5-16-11(10)12(14)15/h3-6H,7H2,1-2H3,(H3,14,15). The number of nitrogen functional groups attached to an aromatic ring is 1. The maximum absolute atomic E-state index is 7.50. The summed E-state index contributed by atoms with van der Waals surface area (Å²) in [6, 6.07) is 5.69. The fourth-order valence-electron chi connectivity index (χ4n) is 1.70. The quantitative estimate of drug-likeness (QED) is 0.385. The number of nitrogens with zero attached hydrogens (tertiary/aromatic N) is 3. The molecule has 0 aromatic carbocycles. The molecule has 0 bridgehead atoms. The highest BCUT2D eigenvalue weighted by atomic mass is 32.2. The van der Waals surface area contributed by atoms with E-state index in [2.05, 4.69) is 15.0 Å². The van der Waals surface area contributed by atoms with Gasteiger partial charge >= 0.3 is 0 Å². The molecule has 2 aromatic heterocycles. The van der Waals surface area contributed by atoms with E-state index in [1.54, 1.807) is 6.20 Å². The van der Waals surface area contributed by atoms with E-state index in [0.29, 0.717) is 11.4 Å². The van der Waals surface area contributed by atoms with Crippen LogP contribution < -0.4 is 5.73 Å². The molecule has 2 rings (SSSR count). The number of pyridine rings is 1. The Kier molecular flexibility index (Phi) is 4.11. The Labute approximate surface area is 116 Å². The minimum absolute atomic E-state index is 0.0162. The van der Waals surface area contributed by atoms with Crippen molar-refractivity contribution in [1.29, 1.82) is 5.41 Å². The SMILES string of the molecule is Cc1cc(C)nc(SCc2cccnc2C(=N)N)n1. The maximum Gasteiger partial charge on any atom is 0.188 e. The molecule has 0 spiro atoms. The van der Waals surface area contributed by atoms with Crippen molar-refractivity contribution in [2.75, 3.05) is 0 Å². The number of aromatic nitrogens is 3. The molecule has 0 radical (unpaired) electrons. The van der Waals surface area contributed by atoms with E-state index in [-0.39, 0.29) is 5.84 Å². The van der Waals surface area contributed by atoms with Crippen LogP contribution in [0.5, 0.6) is 0 Å². The Morgan fingerprint density at radius 1 is 1.32 bits per heavy atom. The van der Waals surface area contributed by atoms with Gasteiger partial charge in [-0.2, -0.15) is 0 Å². The summed E-state index contributed by atoms with van der Waals surface area (Å²) in [6.07, 6.45) is 1.64. The Bertz CT molecular complexity index is 591. The van der Waals surface area contributed by atoms with Crippen molar-refractivity contribution >= 4 is 17.6 Å². The zero-order valence-electron chi connectivity index (χ0n) is 10.8. The Morgan fingerprint density at radius 2 is 2.00 bits per heavy atom. The van der Waals surface area contributed by atoms with Crippen LogP contribution in [0.4, 0.5) is 0 Å². The Morgan fingerprint density at radius 3 is 2.63 bits per heavy atom. The van der Waals surface area contributed by atoms with Crippen molar-refractivity contribution in [1.82, 2.24) is 15.0 Å². The molecule has 0 atom stereocenters. The number of amidine groups is 1. The molecule has 0 aliphatic rings. The van der Waals surface area contributed by atoms with Gasteiger partial charge in [0.1, 0.15) is 11.5 Å². The number of hydrogen-bond donors (Lipinski definition) is 2. The lowest BCUT2D eigenvalue weighted by molar-refractivity contribution is 0.901. The summed E-state index contributed by atoms with van der Waals surface area (Å²) >= 11 is 1.52. The van der Waals surface area contributed by atoms with E-state index in [9.17, 15) is 0 Å². The minimum Gasteiger partial charge on any atom is -0.382 e. The first-order chi connectivity index (χ1) is 9.06. The molecule has 0 saturated heterocycles. The minimum atomic E-state index is -0.0162. The number of aryl methyl sites for hydroxylation is 2. The number of thioether (sulfide) groups is 1. The fraction of sp³-hybridized carbons (Fsp3) is 0.231. The van der Waals surface area contributed by atoms with Gasteiger partial charge < -0.3 is 5.73 Å². The Balaban J connectivity index is 2.16. The van der Waals surface area contributed by atoms with Crippen molar-refractivity contribution in [2.24, 2.45) is 5.73 Å². The molecule has 6 heteroatoms. The van der Waals surface area contributed by atoms with Crippen LogP contribution in [0.2, 0.25) is 0 Å². The second-order valence-corrected chi connectivity index (χ2v) is 5.09. The Hall–Kier alpha value is -1.95. The first kappa shape index (κ1) is 13.5. The lowest BCUT2D eigenvalue weighted by Gasteiger charge is -2.06. The summed E-state index contributed by atoms with van der Waals surface area (Å²) in [5.74, 6) is 0.628. The first-order valence-electron chi connectivity index (χ1n) is 5.79. The van der Waals surface area contributed by atoms with Gasteiger partial charge in [-0.15, -0.1) is 0 Å². The summed E-state index contributed by atoms with van der Waals surface area (Å²) < 4.78 is 0. The van der Waals surface area contributed by atoms with Crippen LogP contribution in [0.1, 0.15) is 22.6 Å². The molecule has 0 unspecified atom stereocenters. The average molecular weight is 273 g/mol. The zero-order chi connectivity index (χ0) is 13.8. The van der Waals surface area contributed by atoms with Crippen LogP contribution in [-0.2, 0) is 5.75 Å². The number of nitrogens with one attached hydrogen (secondary N) is 1. The van der Waals surface area contributed by atoms with Gasteiger partial charge in [-0.3, -0.25) is 10.4 Å². The lowest BCUT2D eigenvalue weighted by atomic mass is 10.2. The predicted octanol–water partition coefficient (Wildman–Crippen LogP) is 2.06. The van der Waals surface area contributed by atoms with Crippen LogP contribution >= 0.6 is 11.8 Å². The molecular formula is C13H15N5S. The predicted molar refractivity (Wildman–Crippen MR) is 76.3 cm³/mol. The van der Waals surface area contributed by atoms with Crippen molar-refractivity contribution in [3.8, 4) is 0 Å². The molecule has 0 saturated carbocycles. The molecule has 0 aliphatic carbocycles. The monoisotopic (exact) mass is 273 g/mol. The molecular weight excluding hydrogens is 258 g/mol. The third-order valence-corrected chi connectivity index (χ3v) is 3.36. The summed E-state index contributed by atoms with van der Waals surface area (Å²) in [4.78, 5) is 12.9. The van der Waals surface area contributed by atoms with E-state index < -0.39 is 0 Å². The van der Waals surface area contributed by atoms with Crippen LogP contribution in [0.15, 0.2) is 29.6 Å². The first-order valence-corrected chi connectivity index (χ1v) is 6.78. The van der Waals surface area contributed by atoms with Crippen LogP contribution in [0.3, 0.4) is 0 Å². The second kappa shape index (κ2) is 5.79. The number of hydrogen-bond acceptors (Lipinski definition) is 5. The second-order valence-electron chi connectivity index (χ2n) is 4.15. The third kappa shape index (κ3) is 3.51. The number of nitrogens with two attached hydrogens (primary N) is 1. The molecule has 5 nitrogen and oxygen atoms in total. The highest BCUT2D eigenvalue weighted by Gasteiger charge is 2.08. The normalized spacial score (nSPS) is 10.4. The highest BCUT2D eigenvalue weighted by Crippen LogP contribution is 2.21. The summed E-state index contributed by atoms with van der Waals surface area (Å²) in [5.41, 5.74) is 8.86. The number of rotatable bonds is 4. The van der Waals surface area contributed by atoms with E-state index in [4.69, 9.17) is 11.1 Å². The van der Waals surface area contributed by atoms with Gasteiger partial charge in [-0.1, -0.05) is 17.8 Å². The largest absolute Gasteiger partial charge is 0.382 e. The molecule has 0 amide bonds. The van der Waals surface area contributed by atoms with Gasteiger partial charge in [0.05, 0.1) is 0 Å². The molecule has 0 aliphatic heterocycles. The molecule has 98 valence electrons. The topological polar surface area (TPSA) is 88.5 Å². The summed E-state index contributed by atoms with van der Waals surface area (Å²) in [7, 11) is 0. The zero-order valence-corrected chi connectivity index (χ0v) is 11.7. The highest BCUT2D eigenvalue weighted by molar-refractivity contribution is 7.98. The maximum atomic E-state index is 7.50. The van der Waals surface area contributed by atoms with Gasteiger partial charge in [0.15, 0.2) is 5.16 Å². The van der Waals surface area contributed by atoms with Gasteiger partial charge in [0.25, 0.3) is 0 Å². The molecule has 2 aromatic rings. The fourth-order valence-corrected chi connectivity index (χ4v) is 2.63. The van der Waals surface area contributed by atoms with Crippen LogP contribution in [-0.4, -0.2) is 20.8 Å². The molecule has 2 heterocycles. The van der Waals surface area contributed by atoms with Gasteiger partial charge in [-0.05, 0) is 31.5 Å². The van der Waals surface area contributed by atoms with E-state index in [1.807, 2.05) is 32.0 Å². The van der Waals surface area contributed by atoms with Gasteiger partial charge in [-0.25, -0.2) is 9.97 Å². The van der Waals surface area contributed by atoms with Crippen LogP contribution in [0.25, 0.3) is 0 Å². The smallest absolute Gasteiger partial charge is 0.188 e. The molecule has 0 fully saturated rings. The molecule has 3 N–H and O–H groups in total. The van der Waals surface area contributed by atoms with E-state index >= 15 is 0 Å². The average Bonchev–Trinajstić information content (AvgIpc) is 2.35. The third-order valence-electron chi connectivity index (χ3n) is 2.46. The van der Waals surface area contributed by atoms with Crippen molar-refractivity contribution < 1.29 is 0 Å². The van der Waals surface area contributed by atoms with Gasteiger partial charge in [0.2, 0.25) is 0 Å². The molecule has 19 heavy (non-hydrogen) atoms. The summed E-state index contributed by atoms with van der Waals surface area (Å²) in [6.45, 7) is 3.90. The van der Waals surface area contributed by atoms with Crippen LogP contribution in [0, 0.1) is 19.3 Å².